The number of sulfone groups is 1. The quantitative estimate of drug-likeness (QED) is 0.677. The van der Waals surface area contributed by atoms with E-state index in [9.17, 15) is 13.2 Å². The van der Waals surface area contributed by atoms with Gasteiger partial charge in [0.05, 0.1) is 5.75 Å². The van der Waals surface area contributed by atoms with E-state index in [1.807, 2.05) is 20.8 Å². The fourth-order valence-electron chi connectivity index (χ4n) is 1.07. The van der Waals surface area contributed by atoms with E-state index in [4.69, 9.17) is 0 Å². The Hall–Kier alpha value is -0.380. The molecule has 0 saturated carbocycles. The molecule has 0 aliphatic heterocycles. The molecule has 0 rings (SSSR count). The molecule has 0 bridgehead atoms. The Kier molecular flexibility index (Phi) is 6.10. The smallest absolute Gasteiger partial charge is 0.157 e. The highest BCUT2D eigenvalue weighted by Gasteiger charge is 2.20. The second-order valence-corrected chi connectivity index (χ2v) is 6.73. The van der Waals surface area contributed by atoms with Crippen LogP contribution in [0.2, 0.25) is 0 Å². The Balaban J connectivity index is 4.20. The molecule has 0 amide bonds. The fourth-order valence-corrected chi connectivity index (χ4v) is 2.77. The molecule has 1 unspecified atom stereocenters. The Labute approximate surface area is 93.2 Å². The van der Waals surface area contributed by atoms with Crippen molar-refractivity contribution in [3.63, 3.8) is 0 Å². The lowest BCUT2D eigenvalue weighted by Crippen LogP contribution is -2.24. The summed E-state index contributed by atoms with van der Waals surface area (Å²) >= 11 is 0. The molecular formula is C11H22O3S. The summed E-state index contributed by atoms with van der Waals surface area (Å²) in [6.45, 7) is 7.63. The van der Waals surface area contributed by atoms with E-state index in [1.54, 1.807) is 6.92 Å². The maximum atomic E-state index is 11.5. The van der Waals surface area contributed by atoms with Crippen LogP contribution >= 0.6 is 0 Å². The van der Waals surface area contributed by atoms with Crippen molar-refractivity contribution in [3.05, 3.63) is 0 Å². The highest BCUT2D eigenvalue weighted by atomic mass is 32.2. The largest absolute Gasteiger partial charge is 0.298 e. The van der Waals surface area contributed by atoms with Gasteiger partial charge >= 0.3 is 0 Å². The number of carbonyl (C=O) groups excluding carboxylic acids is 1. The minimum atomic E-state index is -3.18. The van der Waals surface area contributed by atoms with Gasteiger partial charge in [-0.15, -0.1) is 0 Å². The standard InChI is InChI=1S/C11H22O3S/c1-5-10(4)11(12)8-15(13,14)7-6-9(2)3/h9-10H,5-8H2,1-4H3. The molecule has 3 nitrogen and oxygen atoms in total. The van der Waals surface area contributed by atoms with Crippen LogP contribution in [0.15, 0.2) is 0 Å². The van der Waals surface area contributed by atoms with Gasteiger partial charge in [0, 0.05) is 5.92 Å². The summed E-state index contributed by atoms with van der Waals surface area (Å²) in [5.41, 5.74) is 0. The highest BCUT2D eigenvalue weighted by molar-refractivity contribution is 7.92. The van der Waals surface area contributed by atoms with Crippen molar-refractivity contribution in [2.75, 3.05) is 11.5 Å². The van der Waals surface area contributed by atoms with E-state index in [0.29, 0.717) is 18.8 Å². The number of carbonyl (C=O) groups is 1. The van der Waals surface area contributed by atoms with Gasteiger partial charge < -0.3 is 0 Å². The van der Waals surface area contributed by atoms with E-state index >= 15 is 0 Å². The van der Waals surface area contributed by atoms with Crippen LogP contribution < -0.4 is 0 Å². The Bertz CT molecular complexity index is 291. The molecule has 0 aliphatic carbocycles. The molecule has 0 fully saturated rings. The number of hydrogen-bond acceptors (Lipinski definition) is 3. The van der Waals surface area contributed by atoms with E-state index in [0.717, 1.165) is 0 Å². The fraction of sp³-hybridized carbons (Fsp3) is 0.909. The van der Waals surface area contributed by atoms with E-state index in [1.165, 1.54) is 0 Å². The van der Waals surface area contributed by atoms with Crippen molar-refractivity contribution >= 4 is 15.6 Å². The molecule has 0 heterocycles. The van der Waals surface area contributed by atoms with Crippen molar-refractivity contribution in [1.82, 2.24) is 0 Å². The van der Waals surface area contributed by atoms with Crippen molar-refractivity contribution < 1.29 is 13.2 Å². The SMILES string of the molecule is CCC(C)C(=O)CS(=O)(=O)CCC(C)C. The molecule has 90 valence electrons. The third-order valence-corrected chi connectivity index (χ3v) is 4.11. The minimum Gasteiger partial charge on any atom is -0.298 e. The summed E-state index contributed by atoms with van der Waals surface area (Å²) in [5, 5.41) is 0. The van der Waals surface area contributed by atoms with Crippen LogP contribution in [0.3, 0.4) is 0 Å². The Morgan fingerprint density at radius 3 is 2.13 bits per heavy atom. The monoisotopic (exact) mass is 234 g/mol. The zero-order valence-electron chi connectivity index (χ0n) is 10.1. The first-order valence-corrected chi connectivity index (χ1v) is 7.33. The van der Waals surface area contributed by atoms with Crippen LogP contribution in [-0.4, -0.2) is 25.7 Å². The molecule has 1 atom stereocenters. The molecule has 0 N–H and O–H groups in total. The van der Waals surface area contributed by atoms with Crippen molar-refractivity contribution in [2.24, 2.45) is 11.8 Å². The van der Waals surface area contributed by atoms with Gasteiger partial charge in [0.1, 0.15) is 5.75 Å². The second-order valence-electron chi connectivity index (χ2n) is 4.55. The third kappa shape index (κ3) is 6.66. The summed E-state index contributed by atoms with van der Waals surface area (Å²) in [5.74, 6) is -0.0831. The summed E-state index contributed by atoms with van der Waals surface area (Å²) in [7, 11) is -3.18. The first-order valence-electron chi connectivity index (χ1n) is 5.51. The normalized spacial score (nSPS) is 14.2. The number of ketones is 1. The molecular weight excluding hydrogens is 212 g/mol. The summed E-state index contributed by atoms with van der Waals surface area (Å²) in [6.07, 6.45) is 1.34. The lowest BCUT2D eigenvalue weighted by molar-refractivity contribution is -0.119. The van der Waals surface area contributed by atoms with E-state index < -0.39 is 9.84 Å². The van der Waals surface area contributed by atoms with Gasteiger partial charge in [0.25, 0.3) is 0 Å². The average molecular weight is 234 g/mol. The number of Topliss-reactive ketones (excluding diaryl/α,β-unsaturated/α-hetero) is 1. The highest BCUT2D eigenvalue weighted by Crippen LogP contribution is 2.08. The van der Waals surface area contributed by atoms with E-state index in [2.05, 4.69) is 0 Å². The zero-order valence-corrected chi connectivity index (χ0v) is 10.9. The molecule has 0 aromatic rings. The predicted octanol–water partition coefficient (Wildman–Crippen LogP) is 2.06. The van der Waals surface area contributed by atoms with Gasteiger partial charge in [0.2, 0.25) is 0 Å². The van der Waals surface area contributed by atoms with Crippen LogP contribution in [0.1, 0.15) is 40.5 Å². The molecule has 15 heavy (non-hydrogen) atoms. The van der Waals surface area contributed by atoms with Crippen LogP contribution in [0.4, 0.5) is 0 Å². The van der Waals surface area contributed by atoms with Gasteiger partial charge in [0.15, 0.2) is 15.6 Å². The molecule has 0 aromatic heterocycles. The maximum Gasteiger partial charge on any atom is 0.157 e. The van der Waals surface area contributed by atoms with Crippen molar-refractivity contribution in [1.29, 1.82) is 0 Å². The second kappa shape index (κ2) is 6.26. The van der Waals surface area contributed by atoms with Gasteiger partial charge in [-0.1, -0.05) is 27.7 Å². The van der Waals surface area contributed by atoms with Gasteiger partial charge in [-0.3, -0.25) is 4.79 Å². The topological polar surface area (TPSA) is 51.2 Å². The zero-order chi connectivity index (χ0) is 12.1. The molecule has 0 saturated heterocycles. The summed E-state index contributed by atoms with van der Waals surface area (Å²) < 4.78 is 23.1. The molecule has 0 aliphatic rings. The van der Waals surface area contributed by atoms with Crippen molar-refractivity contribution in [3.8, 4) is 0 Å². The molecule has 0 radical (unpaired) electrons. The first kappa shape index (κ1) is 14.6. The van der Waals surface area contributed by atoms with Crippen LogP contribution in [-0.2, 0) is 14.6 Å². The summed E-state index contributed by atoms with van der Waals surface area (Å²) in [4.78, 5) is 11.5. The van der Waals surface area contributed by atoms with Crippen LogP contribution in [0.25, 0.3) is 0 Å². The van der Waals surface area contributed by atoms with Crippen LogP contribution in [0.5, 0.6) is 0 Å². The third-order valence-electron chi connectivity index (χ3n) is 2.53. The van der Waals surface area contributed by atoms with Gasteiger partial charge in [-0.2, -0.15) is 0 Å². The minimum absolute atomic E-state index is 0.132. The first-order chi connectivity index (χ1) is 6.78. The van der Waals surface area contributed by atoms with Gasteiger partial charge in [-0.05, 0) is 18.8 Å². The molecule has 0 aromatic carbocycles. The van der Waals surface area contributed by atoms with E-state index in [-0.39, 0.29) is 23.2 Å². The number of rotatable bonds is 7. The number of hydrogen-bond donors (Lipinski definition) is 0. The predicted molar refractivity (Wildman–Crippen MR) is 62.6 cm³/mol. The Morgan fingerprint density at radius 1 is 1.20 bits per heavy atom. The lowest BCUT2D eigenvalue weighted by Gasteiger charge is -2.09. The lowest BCUT2D eigenvalue weighted by atomic mass is 10.1. The van der Waals surface area contributed by atoms with Crippen LogP contribution in [0, 0.1) is 11.8 Å². The molecule has 4 heteroatoms. The Morgan fingerprint density at radius 2 is 1.73 bits per heavy atom. The average Bonchev–Trinajstić information content (AvgIpc) is 2.13. The van der Waals surface area contributed by atoms with Gasteiger partial charge in [-0.25, -0.2) is 8.42 Å². The summed E-state index contributed by atoms with van der Waals surface area (Å²) in [6, 6.07) is 0. The maximum absolute atomic E-state index is 11.5. The molecule has 0 spiro atoms. The van der Waals surface area contributed by atoms with Crippen molar-refractivity contribution in [2.45, 2.75) is 40.5 Å².